The van der Waals surface area contributed by atoms with Crippen molar-refractivity contribution in [2.75, 3.05) is 26.3 Å². The lowest BCUT2D eigenvalue weighted by Gasteiger charge is -2.39. The summed E-state index contributed by atoms with van der Waals surface area (Å²) in [7, 11) is 0. The van der Waals surface area contributed by atoms with Gasteiger partial charge in [0.1, 0.15) is 11.6 Å². The highest BCUT2D eigenvalue weighted by molar-refractivity contribution is 6.33. The van der Waals surface area contributed by atoms with Crippen molar-refractivity contribution in [3.05, 3.63) is 105 Å². The van der Waals surface area contributed by atoms with Crippen LogP contribution in [-0.4, -0.2) is 53.9 Å². The van der Waals surface area contributed by atoms with E-state index in [9.17, 15) is 18.7 Å². The number of benzene rings is 3. The van der Waals surface area contributed by atoms with Crippen LogP contribution in [0.4, 0.5) is 13.2 Å². The number of hydrogen-bond donors (Lipinski definition) is 2. The molecule has 9 heteroatoms. The van der Waals surface area contributed by atoms with Gasteiger partial charge in [-0.3, -0.25) is 9.18 Å². The SMILES string of the molecule is O=C(O)c1ccc2c(c1F)CCCC(c1cccc(F)c1Cl)=C2c1ccc(CC2CN(CCCF)C2)cc1.O=CO. The Morgan fingerprint density at radius 1 is 1.02 bits per heavy atom. The van der Waals surface area contributed by atoms with Gasteiger partial charge in [-0.15, -0.1) is 0 Å². The second-order valence-corrected chi connectivity index (χ2v) is 10.6. The Bertz CT molecular complexity index is 1440. The summed E-state index contributed by atoms with van der Waals surface area (Å²) in [6.45, 7) is 2.19. The van der Waals surface area contributed by atoms with Gasteiger partial charge in [0.15, 0.2) is 0 Å². The molecule has 1 heterocycles. The summed E-state index contributed by atoms with van der Waals surface area (Å²) >= 11 is 6.42. The molecule has 1 saturated heterocycles. The maximum Gasteiger partial charge on any atom is 0.338 e. The molecular formula is C32H31ClF3NO4. The van der Waals surface area contributed by atoms with Gasteiger partial charge in [0.2, 0.25) is 0 Å². The Kier molecular flexibility index (Phi) is 10.2. The van der Waals surface area contributed by atoms with Crippen LogP contribution in [-0.2, 0) is 17.6 Å². The molecule has 5 nitrogen and oxygen atoms in total. The van der Waals surface area contributed by atoms with Crippen molar-refractivity contribution in [2.45, 2.75) is 32.1 Å². The van der Waals surface area contributed by atoms with E-state index in [1.807, 2.05) is 12.1 Å². The van der Waals surface area contributed by atoms with Gasteiger partial charge >= 0.3 is 5.97 Å². The Hall–Kier alpha value is -3.62. The third kappa shape index (κ3) is 6.82. The quantitative estimate of drug-likeness (QED) is 0.275. The van der Waals surface area contributed by atoms with E-state index in [0.717, 1.165) is 42.8 Å². The van der Waals surface area contributed by atoms with Crippen molar-refractivity contribution in [1.82, 2.24) is 4.90 Å². The van der Waals surface area contributed by atoms with E-state index in [1.54, 1.807) is 18.2 Å². The summed E-state index contributed by atoms with van der Waals surface area (Å²) in [5, 5.41) is 16.4. The molecule has 1 fully saturated rings. The van der Waals surface area contributed by atoms with Crippen LogP contribution in [0.5, 0.6) is 0 Å². The van der Waals surface area contributed by atoms with Crippen LogP contribution in [0.25, 0.3) is 11.1 Å². The number of fused-ring (bicyclic) bond motifs is 1. The number of carboxylic acid groups (broad SMARTS) is 2. The highest BCUT2D eigenvalue weighted by Gasteiger charge is 2.28. The van der Waals surface area contributed by atoms with Gasteiger partial charge in [-0.25, -0.2) is 13.6 Å². The van der Waals surface area contributed by atoms with Gasteiger partial charge in [-0.05, 0) is 89.1 Å². The number of carboxylic acids is 1. The number of allylic oxidation sites excluding steroid dienone is 1. The third-order valence-electron chi connectivity index (χ3n) is 7.58. The minimum absolute atomic E-state index is 0.0185. The van der Waals surface area contributed by atoms with E-state index in [-0.39, 0.29) is 23.7 Å². The second-order valence-electron chi connectivity index (χ2n) is 10.2. The molecule has 0 amide bonds. The maximum atomic E-state index is 15.4. The predicted molar refractivity (Wildman–Crippen MR) is 153 cm³/mol. The number of nitrogens with zero attached hydrogens (tertiary/aromatic N) is 1. The second kappa shape index (κ2) is 13.8. The number of likely N-dealkylation sites (tertiary alicyclic amines) is 1. The Balaban J connectivity index is 0.00000124. The zero-order chi connectivity index (χ0) is 29.5. The van der Waals surface area contributed by atoms with E-state index < -0.39 is 17.6 Å². The van der Waals surface area contributed by atoms with E-state index >= 15 is 4.39 Å². The van der Waals surface area contributed by atoms with Crippen molar-refractivity contribution in [3.8, 4) is 0 Å². The van der Waals surface area contributed by atoms with Crippen LogP contribution in [0, 0.1) is 17.6 Å². The standard InChI is InChI=1S/C31H29ClF3NO2.CH2O2/c32-29-24(5-2-7-27(29)34)22-4-1-6-25-23(12-13-26(30(25)35)31(37)38)28(22)21-10-8-19(9-11-21)16-20-17-36(18-20)15-3-14-33;2-1-3/h2,5,7-13,20H,1,3-4,6,14-18H2,(H,37,38);1H,(H,2,3). The van der Waals surface area contributed by atoms with Gasteiger partial charge in [-0.1, -0.05) is 54.1 Å². The predicted octanol–water partition coefficient (Wildman–Crippen LogP) is 7.15. The molecule has 0 atom stereocenters. The fraction of sp³-hybridized carbons (Fsp3) is 0.312. The van der Waals surface area contributed by atoms with Crippen molar-refractivity contribution < 1.29 is 33.0 Å². The lowest BCUT2D eigenvalue weighted by atomic mass is 9.86. The highest BCUT2D eigenvalue weighted by Crippen LogP contribution is 2.43. The number of aromatic carboxylic acids is 1. The molecule has 0 spiro atoms. The van der Waals surface area contributed by atoms with Crippen LogP contribution in [0.2, 0.25) is 5.02 Å². The number of carbonyl (C=O) groups is 2. The molecule has 2 aliphatic rings. The highest BCUT2D eigenvalue weighted by atomic mass is 35.5. The molecule has 0 aromatic heterocycles. The first kappa shape index (κ1) is 30.3. The van der Waals surface area contributed by atoms with E-state index in [2.05, 4.69) is 17.0 Å². The molecule has 41 heavy (non-hydrogen) atoms. The summed E-state index contributed by atoms with van der Waals surface area (Å²) in [5.41, 5.74) is 4.74. The first-order valence-corrected chi connectivity index (χ1v) is 13.8. The molecule has 216 valence electrons. The molecular weight excluding hydrogens is 555 g/mol. The molecule has 1 aliphatic carbocycles. The first-order valence-electron chi connectivity index (χ1n) is 13.5. The maximum absolute atomic E-state index is 15.4. The Labute approximate surface area is 241 Å². The Morgan fingerprint density at radius 3 is 2.39 bits per heavy atom. The average Bonchev–Trinajstić information content (AvgIpc) is 3.12. The molecule has 2 N–H and O–H groups in total. The van der Waals surface area contributed by atoms with Crippen molar-refractivity contribution >= 4 is 35.2 Å². The zero-order valence-electron chi connectivity index (χ0n) is 22.4. The van der Waals surface area contributed by atoms with Crippen LogP contribution in [0.1, 0.15) is 57.4 Å². The molecule has 5 rings (SSSR count). The normalized spacial score (nSPS) is 15.3. The fourth-order valence-corrected chi connectivity index (χ4v) is 5.98. The zero-order valence-corrected chi connectivity index (χ0v) is 23.1. The smallest absolute Gasteiger partial charge is 0.338 e. The largest absolute Gasteiger partial charge is 0.483 e. The summed E-state index contributed by atoms with van der Waals surface area (Å²) in [5.74, 6) is -2.03. The molecule has 3 aromatic carbocycles. The minimum atomic E-state index is -1.31. The number of hydrogen-bond acceptors (Lipinski definition) is 3. The van der Waals surface area contributed by atoms with Crippen molar-refractivity contribution in [3.63, 3.8) is 0 Å². The summed E-state index contributed by atoms with van der Waals surface area (Å²) in [6.07, 6.45) is 2.96. The lowest BCUT2D eigenvalue weighted by molar-refractivity contribution is -0.122. The van der Waals surface area contributed by atoms with Gasteiger partial charge in [0.25, 0.3) is 6.47 Å². The number of rotatable bonds is 8. The molecule has 0 radical (unpaired) electrons. The average molecular weight is 586 g/mol. The first-order chi connectivity index (χ1) is 19.8. The van der Waals surface area contributed by atoms with Crippen LogP contribution in [0.3, 0.4) is 0 Å². The van der Waals surface area contributed by atoms with Gasteiger partial charge in [0, 0.05) is 19.6 Å². The topological polar surface area (TPSA) is 77.8 Å². The molecule has 0 unspecified atom stereocenters. The monoisotopic (exact) mass is 585 g/mol. The summed E-state index contributed by atoms with van der Waals surface area (Å²) in [6, 6.07) is 15.8. The molecule has 3 aromatic rings. The summed E-state index contributed by atoms with van der Waals surface area (Å²) in [4.78, 5) is 22.2. The fourth-order valence-electron chi connectivity index (χ4n) is 5.74. The lowest BCUT2D eigenvalue weighted by Crippen LogP contribution is -2.47. The van der Waals surface area contributed by atoms with E-state index in [0.29, 0.717) is 48.3 Å². The third-order valence-corrected chi connectivity index (χ3v) is 7.97. The van der Waals surface area contributed by atoms with Crippen LogP contribution < -0.4 is 0 Å². The number of halogens is 4. The molecule has 0 bridgehead atoms. The van der Waals surface area contributed by atoms with Crippen LogP contribution >= 0.6 is 11.6 Å². The molecule has 0 saturated carbocycles. The van der Waals surface area contributed by atoms with E-state index in [1.165, 1.54) is 17.7 Å². The van der Waals surface area contributed by atoms with E-state index in [4.69, 9.17) is 21.5 Å². The van der Waals surface area contributed by atoms with Crippen molar-refractivity contribution in [1.29, 1.82) is 0 Å². The van der Waals surface area contributed by atoms with Crippen LogP contribution in [0.15, 0.2) is 54.6 Å². The number of alkyl halides is 1. The van der Waals surface area contributed by atoms with Gasteiger partial charge in [-0.2, -0.15) is 0 Å². The molecule has 1 aliphatic heterocycles. The van der Waals surface area contributed by atoms with Crippen molar-refractivity contribution in [2.24, 2.45) is 5.92 Å². The van der Waals surface area contributed by atoms with Gasteiger partial charge < -0.3 is 15.1 Å². The minimum Gasteiger partial charge on any atom is -0.483 e. The van der Waals surface area contributed by atoms with Gasteiger partial charge in [0.05, 0.1) is 17.3 Å². The Morgan fingerprint density at radius 2 is 1.73 bits per heavy atom. The summed E-state index contributed by atoms with van der Waals surface area (Å²) < 4.78 is 42.3.